The maximum absolute atomic E-state index is 11.6. The molecule has 2 rings (SSSR count). The summed E-state index contributed by atoms with van der Waals surface area (Å²) in [6, 6.07) is 2.88. The van der Waals surface area contributed by atoms with E-state index < -0.39 is 0 Å². The second-order valence-corrected chi connectivity index (χ2v) is 3.90. The molecule has 0 unspecified atom stereocenters. The van der Waals surface area contributed by atoms with Gasteiger partial charge < -0.3 is 14.3 Å². The van der Waals surface area contributed by atoms with Crippen LogP contribution in [0.4, 0.5) is 0 Å². The van der Waals surface area contributed by atoms with Crippen LogP contribution in [0, 0.1) is 0 Å². The van der Waals surface area contributed by atoms with E-state index in [1.165, 1.54) is 18.5 Å². The molecule has 0 aliphatic carbocycles. The first kappa shape index (κ1) is 12.6. The first-order valence-electron chi connectivity index (χ1n) is 5.14. The van der Waals surface area contributed by atoms with Crippen molar-refractivity contribution in [2.24, 2.45) is 0 Å². The summed E-state index contributed by atoms with van der Waals surface area (Å²) in [5.41, 5.74) is 0.368. The molecule has 0 aliphatic rings. The van der Waals surface area contributed by atoms with Crippen LogP contribution < -0.4 is 10.2 Å². The maximum atomic E-state index is 11.6. The second-order valence-electron chi connectivity index (χ2n) is 3.49. The Kier molecular flexibility index (Phi) is 3.96. The quantitative estimate of drug-likeness (QED) is 0.914. The summed E-state index contributed by atoms with van der Waals surface area (Å²) in [5.74, 6) is 0.259. The number of ether oxygens (including phenoxy) is 1. The Morgan fingerprint density at radius 2 is 2.33 bits per heavy atom. The fourth-order valence-electron chi connectivity index (χ4n) is 1.30. The molecular formula is C12H10ClNO4. The average Bonchev–Trinajstić information content (AvgIpc) is 2.39. The van der Waals surface area contributed by atoms with Crippen LogP contribution in [0.15, 0.2) is 40.0 Å². The highest BCUT2D eigenvalue weighted by atomic mass is 35.5. The standard InChI is InChI=1S/C12H10ClNO4/c13-10-4-14-2-1-8(10)6-18-12-7-17-9(5-15)3-11(12)16/h1-4,7,15H,5-6H2. The molecular weight excluding hydrogens is 258 g/mol. The van der Waals surface area contributed by atoms with Crippen molar-refractivity contribution in [1.29, 1.82) is 0 Å². The van der Waals surface area contributed by atoms with Crippen molar-refractivity contribution >= 4 is 11.6 Å². The Hall–Kier alpha value is -1.85. The number of hydrogen-bond acceptors (Lipinski definition) is 5. The van der Waals surface area contributed by atoms with E-state index in [2.05, 4.69) is 4.98 Å². The van der Waals surface area contributed by atoms with E-state index in [9.17, 15) is 4.79 Å². The van der Waals surface area contributed by atoms with Gasteiger partial charge in [-0.15, -0.1) is 0 Å². The van der Waals surface area contributed by atoms with E-state index in [4.69, 9.17) is 25.9 Å². The van der Waals surface area contributed by atoms with Gasteiger partial charge >= 0.3 is 0 Å². The molecule has 0 bridgehead atoms. The summed E-state index contributed by atoms with van der Waals surface area (Å²) in [4.78, 5) is 15.4. The molecule has 2 heterocycles. The minimum absolute atomic E-state index is 0.0695. The van der Waals surface area contributed by atoms with Gasteiger partial charge in [0.1, 0.15) is 25.2 Å². The topological polar surface area (TPSA) is 72.6 Å². The van der Waals surface area contributed by atoms with Gasteiger partial charge in [0.05, 0.1) is 5.02 Å². The largest absolute Gasteiger partial charge is 0.482 e. The van der Waals surface area contributed by atoms with Crippen LogP contribution in [-0.2, 0) is 13.2 Å². The van der Waals surface area contributed by atoms with Crippen LogP contribution in [0.3, 0.4) is 0 Å². The van der Waals surface area contributed by atoms with E-state index in [0.717, 1.165) is 5.56 Å². The molecule has 0 fully saturated rings. The predicted molar refractivity (Wildman–Crippen MR) is 64.5 cm³/mol. The first-order chi connectivity index (χ1) is 8.70. The molecule has 0 spiro atoms. The van der Waals surface area contributed by atoms with Gasteiger partial charge in [-0.25, -0.2) is 0 Å². The Balaban J connectivity index is 2.11. The van der Waals surface area contributed by atoms with Gasteiger partial charge in [0, 0.05) is 24.0 Å². The van der Waals surface area contributed by atoms with Gasteiger partial charge in [0.25, 0.3) is 0 Å². The van der Waals surface area contributed by atoms with Gasteiger partial charge in [-0.3, -0.25) is 9.78 Å². The summed E-state index contributed by atoms with van der Waals surface area (Å²) < 4.78 is 10.3. The van der Waals surface area contributed by atoms with Crippen LogP contribution in [-0.4, -0.2) is 10.1 Å². The molecule has 2 aromatic rings. The summed E-state index contributed by atoms with van der Waals surface area (Å²) in [7, 11) is 0. The zero-order valence-corrected chi connectivity index (χ0v) is 10.1. The van der Waals surface area contributed by atoms with Crippen molar-refractivity contribution in [1.82, 2.24) is 4.98 Å². The molecule has 0 aromatic carbocycles. The molecule has 0 saturated heterocycles. The fraction of sp³-hybridized carbons (Fsp3) is 0.167. The normalized spacial score (nSPS) is 10.3. The highest BCUT2D eigenvalue weighted by molar-refractivity contribution is 6.31. The molecule has 1 N–H and O–H groups in total. The third kappa shape index (κ3) is 2.88. The lowest BCUT2D eigenvalue weighted by Gasteiger charge is -2.06. The lowest BCUT2D eigenvalue weighted by atomic mass is 10.3. The van der Waals surface area contributed by atoms with Crippen LogP contribution in [0.5, 0.6) is 5.75 Å². The van der Waals surface area contributed by atoms with Crippen molar-refractivity contribution in [2.45, 2.75) is 13.2 Å². The third-order valence-electron chi connectivity index (χ3n) is 2.25. The second kappa shape index (κ2) is 5.66. The number of aliphatic hydroxyl groups is 1. The molecule has 2 aromatic heterocycles. The number of rotatable bonds is 4. The monoisotopic (exact) mass is 267 g/mol. The molecule has 94 valence electrons. The molecule has 0 aliphatic heterocycles. The average molecular weight is 268 g/mol. The zero-order valence-electron chi connectivity index (χ0n) is 9.30. The van der Waals surface area contributed by atoms with Gasteiger partial charge in [-0.05, 0) is 6.07 Å². The van der Waals surface area contributed by atoms with Crippen LogP contribution in [0.25, 0.3) is 0 Å². The molecule has 5 nitrogen and oxygen atoms in total. The van der Waals surface area contributed by atoms with Crippen molar-refractivity contribution < 1.29 is 14.3 Å². The Labute approximate surface area is 108 Å². The summed E-state index contributed by atoms with van der Waals surface area (Å²) in [5, 5.41) is 9.27. The Morgan fingerprint density at radius 1 is 1.50 bits per heavy atom. The van der Waals surface area contributed by atoms with E-state index in [1.54, 1.807) is 12.3 Å². The highest BCUT2D eigenvalue weighted by Gasteiger charge is 2.06. The SMILES string of the molecule is O=c1cc(CO)occ1OCc1ccncc1Cl. The van der Waals surface area contributed by atoms with Gasteiger partial charge in [-0.2, -0.15) is 0 Å². The fourth-order valence-corrected chi connectivity index (χ4v) is 1.48. The van der Waals surface area contributed by atoms with Crippen LogP contribution in [0.1, 0.15) is 11.3 Å². The molecule has 0 atom stereocenters. The zero-order chi connectivity index (χ0) is 13.0. The van der Waals surface area contributed by atoms with Crippen molar-refractivity contribution in [2.75, 3.05) is 0 Å². The molecule has 0 amide bonds. The highest BCUT2D eigenvalue weighted by Crippen LogP contribution is 2.15. The number of hydrogen-bond donors (Lipinski definition) is 1. The minimum Gasteiger partial charge on any atom is -0.482 e. The van der Waals surface area contributed by atoms with Crippen molar-refractivity contribution in [3.8, 4) is 5.75 Å². The van der Waals surface area contributed by atoms with Gasteiger partial charge in [0.2, 0.25) is 11.2 Å². The maximum Gasteiger partial charge on any atom is 0.227 e. The predicted octanol–water partition coefficient (Wildman–Crippen LogP) is 1.76. The van der Waals surface area contributed by atoms with Crippen LogP contribution >= 0.6 is 11.6 Å². The number of pyridine rings is 1. The van der Waals surface area contributed by atoms with E-state index >= 15 is 0 Å². The lowest BCUT2D eigenvalue weighted by Crippen LogP contribution is -2.08. The molecule has 18 heavy (non-hydrogen) atoms. The summed E-state index contributed by atoms with van der Waals surface area (Å²) in [6.07, 6.45) is 4.25. The van der Waals surface area contributed by atoms with E-state index in [1.807, 2.05) is 0 Å². The molecule has 0 radical (unpaired) electrons. The van der Waals surface area contributed by atoms with E-state index in [-0.39, 0.29) is 30.2 Å². The molecule has 6 heteroatoms. The van der Waals surface area contributed by atoms with Crippen LogP contribution in [0.2, 0.25) is 5.02 Å². The van der Waals surface area contributed by atoms with Crippen molar-refractivity contribution in [3.05, 3.63) is 57.4 Å². The first-order valence-corrected chi connectivity index (χ1v) is 5.52. The summed E-state index contributed by atoms with van der Waals surface area (Å²) in [6.45, 7) is -0.184. The van der Waals surface area contributed by atoms with Gasteiger partial charge in [-0.1, -0.05) is 11.6 Å². The number of aromatic nitrogens is 1. The summed E-state index contributed by atoms with van der Waals surface area (Å²) >= 11 is 5.90. The number of aliphatic hydroxyl groups excluding tert-OH is 1. The Morgan fingerprint density at radius 3 is 3.00 bits per heavy atom. The Bertz CT molecular complexity index is 597. The number of halogens is 1. The lowest BCUT2D eigenvalue weighted by molar-refractivity contribution is 0.236. The van der Waals surface area contributed by atoms with E-state index in [0.29, 0.717) is 5.02 Å². The minimum atomic E-state index is -0.351. The number of nitrogens with zero attached hydrogens (tertiary/aromatic N) is 1. The third-order valence-corrected chi connectivity index (χ3v) is 2.59. The van der Waals surface area contributed by atoms with Crippen molar-refractivity contribution in [3.63, 3.8) is 0 Å². The molecule has 0 saturated carbocycles. The van der Waals surface area contributed by atoms with Gasteiger partial charge in [0.15, 0.2) is 0 Å². The smallest absolute Gasteiger partial charge is 0.227 e.